The summed E-state index contributed by atoms with van der Waals surface area (Å²) in [6.45, 7) is 1.06. The predicted molar refractivity (Wildman–Crippen MR) is 50.5 cm³/mol. The zero-order valence-electron chi connectivity index (χ0n) is 8.11. The number of aliphatic hydroxyl groups excluding tert-OH is 2. The minimum absolute atomic E-state index is 0.178. The Morgan fingerprint density at radius 2 is 2.23 bits per heavy atom. The summed E-state index contributed by atoms with van der Waals surface area (Å²) < 4.78 is 5.45. The lowest BCUT2D eigenvalue weighted by Gasteiger charge is -2.12. The molecule has 13 heavy (non-hydrogen) atoms. The standard InChI is InChI=1S/C10H20O3/c11-7-1-3-9(12)5-6-10-4-2-8-13-10/h9-12H,1-8H2. The van der Waals surface area contributed by atoms with Crippen LogP contribution < -0.4 is 0 Å². The first-order chi connectivity index (χ1) is 6.33. The molecule has 2 unspecified atom stereocenters. The van der Waals surface area contributed by atoms with E-state index >= 15 is 0 Å². The fourth-order valence-corrected chi connectivity index (χ4v) is 1.72. The quantitative estimate of drug-likeness (QED) is 0.655. The molecule has 1 aliphatic rings. The Morgan fingerprint density at radius 3 is 2.85 bits per heavy atom. The maximum absolute atomic E-state index is 9.47. The summed E-state index contributed by atoms with van der Waals surface area (Å²) >= 11 is 0. The molecule has 1 aliphatic heterocycles. The van der Waals surface area contributed by atoms with E-state index < -0.39 is 0 Å². The van der Waals surface area contributed by atoms with E-state index in [0.29, 0.717) is 18.9 Å². The van der Waals surface area contributed by atoms with Crippen LogP contribution in [0.2, 0.25) is 0 Å². The molecule has 0 spiro atoms. The predicted octanol–water partition coefficient (Wildman–Crippen LogP) is 1.08. The topological polar surface area (TPSA) is 49.7 Å². The smallest absolute Gasteiger partial charge is 0.0577 e. The molecule has 1 heterocycles. The highest BCUT2D eigenvalue weighted by Gasteiger charge is 2.16. The summed E-state index contributed by atoms with van der Waals surface area (Å²) in [5, 5.41) is 18.0. The normalized spacial score (nSPS) is 24.9. The van der Waals surface area contributed by atoms with Crippen molar-refractivity contribution in [3.05, 3.63) is 0 Å². The van der Waals surface area contributed by atoms with Crippen molar-refractivity contribution in [3.63, 3.8) is 0 Å². The second-order valence-corrected chi connectivity index (χ2v) is 3.73. The van der Waals surface area contributed by atoms with Crippen LogP contribution in [0.4, 0.5) is 0 Å². The van der Waals surface area contributed by atoms with Crippen LogP contribution in [0, 0.1) is 0 Å². The van der Waals surface area contributed by atoms with E-state index in [2.05, 4.69) is 0 Å². The third-order valence-corrected chi connectivity index (χ3v) is 2.54. The molecule has 3 heteroatoms. The van der Waals surface area contributed by atoms with Gasteiger partial charge in [-0.2, -0.15) is 0 Å². The van der Waals surface area contributed by atoms with Gasteiger partial charge in [0, 0.05) is 13.2 Å². The van der Waals surface area contributed by atoms with Crippen LogP contribution in [-0.2, 0) is 4.74 Å². The fraction of sp³-hybridized carbons (Fsp3) is 1.00. The number of rotatable bonds is 6. The molecule has 0 saturated carbocycles. The van der Waals surface area contributed by atoms with Gasteiger partial charge in [0.1, 0.15) is 0 Å². The summed E-state index contributed by atoms with van der Waals surface area (Å²) in [4.78, 5) is 0. The van der Waals surface area contributed by atoms with Gasteiger partial charge in [-0.3, -0.25) is 0 Å². The molecule has 0 amide bonds. The molecule has 0 aliphatic carbocycles. The molecule has 0 aromatic rings. The highest BCUT2D eigenvalue weighted by molar-refractivity contribution is 4.67. The lowest BCUT2D eigenvalue weighted by molar-refractivity contribution is 0.0766. The number of aliphatic hydroxyl groups is 2. The lowest BCUT2D eigenvalue weighted by Crippen LogP contribution is -2.12. The van der Waals surface area contributed by atoms with Crippen LogP contribution in [0.1, 0.15) is 38.5 Å². The Morgan fingerprint density at radius 1 is 1.38 bits per heavy atom. The minimum atomic E-state index is -0.253. The van der Waals surface area contributed by atoms with E-state index in [4.69, 9.17) is 9.84 Å². The highest BCUT2D eigenvalue weighted by atomic mass is 16.5. The monoisotopic (exact) mass is 188 g/mol. The van der Waals surface area contributed by atoms with Crippen LogP contribution in [0.15, 0.2) is 0 Å². The minimum Gasteiger partial charge on any atom is -0.396 e. The molecule has 0 bridgehead atoms. The van der Waals surface area contributed by atoms with Gasteiger partial charge in [-0.1, -0.05) is 0 Å². The van der Waals surface area contributed by atoms with Crippen LogP contribution in [0.5, 0.6) is 0 Å². The second-order valence-electron chi connectivity index (χ2n) is 3.73. The molecule has 2 N–H and O–H groups in total. The zero-order valence-corrected chi connectivity index (χ0v) is 8.11. The van der Waals surface area contributed by atoms with Crippen molar-refractivity contribution in [1.29, 1.82) is 0 Å². The van der Waals surface area contributed by atoms with Crippen LogP contribution >= 0.6 is 0 Å². The Bertz CT molecular complexity index is 121. The van der Waals surface area contributed by atoms with Crippen molar-refractivity contribution >= 4 is 0 Å². The molecule has 1 fully saturated rings. The van der Waals surface area contributed by atoms with Gasteiger partial charge in [0.05, 0.1) is 12.2 Å². The van der Waals surface area contributed by atoms with Gasteiger partial charge < -0.3 is 14.9 Å². The first-order valence-corrected chi connectivity index (χ1v) is 5.23. The first-order valence-electron chi connectivity index (χ1n) is 5.23. The van der Waals surface area contributed by atoms with Gasteiger partial charge in [-0.15, -0.1) is 0 Å². The van der Waals surface area contributed by atoms with Gasteiger partial charge in [-0.25, -0.2) is 0 Å². The van der Waals surface area contributed by atoms with Crippen molar-refractivity contribution < 1.29 is 14.9 Å². The molecular formula is C10H20O3. The van der Waals surface area contributed by atoms with E-state index in [-0.39, 0.29) is 12.7 Å². The highest BCUT2D eigenvalue weighted by Crippen LogP contribution is 2.18. The number of hydrogen-bond acceptors (Lipinski definition) is 3. The molecular weight excluding hydrogens is 168 g/mol. The molecule has 0 radical (unpaired) electrons. The lowest BCUT2D eigenvalue weighted by atomic mass is 10.0. The fourth-order valence-electron chi connectivity index (χ4n) is 1.72. The van der Waals surface area contributed by atoms with Gasteiger partial charge in [0.15, 0.2) is 0 Å². The van der Waals surface area contributed by atoms with Crippen molar-refractivity contribution in [2.45, 2.75) is 50.7 Å². The Balaban J connectivity index is 1.97. The third kappa shape index (κ3) is 4.60. The van der Waals surface area contributed by atoms with Crippen LogP contribution in [-0.4, -0.2) is 35.6 Å². The molecule has 3 nitrogen and oxygen atoms in total. The van der Waals surface area contributed by atoms with Gasteiger partial charge in [0.2, 0.25) is 0 Å². The van der Waals surface area contributed by atoms with Crippen molar-refractivity contribution in [2.75, 3.05) is 13.2 Å². The number of ether oxygens (including phenoxy) is 1. The van der Waals surface area contributed by atoms with Crippen molar-refractivity contribution in [1.82, 2.24) is 0 Å². The summed E-state index contributed by atoms with van der Waals surface area (Å²) in [5.41, 5.74) is 0. The molecule has 1 saturated heterocycles. The first kappa shape index (κ1) is 11.0. The van der Waals surface area contributed by atoms with E-state index in [1.54, 1.807) is 0 Å². The Hall–Kier alpha value is -0.120. The molecule has 2 atom stereocenters. The average Bonchev–Trinajstić information content (AvgIpc) is 2.64. The SMILES string of the molecule is OCCCC(O)CCC1CCCO1. The average molecular weight is 188 g/mol. The van der Waals surface area contributed by atoms with E-state index in [9.17, 15) is 5.11 Å². The maximum atomic E-state index is 9.47. The molecule has 1 rings (SSSR count). The van der Waals surface area contributed by atoms with Crippen molar-refractivity contribution in [3.8, 4) is 0 Å². The summed E-state index contributed by atoms with van der Waals surface area (Å²) in [6.07, 6.45) is 5.62. The van der Waals surface area contributed by atoms with Gasteiger partial charge in [0.25, 0.3) is 0 Å². The zero-order chi connectivity index (χ0) is 9.52. The van der Waals surface area contributed by atoms with Gasteiger partial charge >= 0.3 is 0 Å². The Kier molecular flexibility index (Phi) is 5.35. The van der Waals surface area contributed by atoms with Gasteiger partial charge in [-0.05, 0) is 38.5 Å². The van der Waals surface area contributed by atoms with E-state index in [0.717, 1.165) is 32.3 Å². The third-order valence-electron chi connectivity index (χ3n) is 2.54. The Labute approximate surface area is 79.7 Å². The van der Waals surface area contributed by atoms with Crippen LogP contribution in [0.3, 0.4) is 0 Å². The number of hydrogen-bond donors (Lipinski definition) is 2. The second kappa shape index (κ2) is 6.35. The summed E-state index contributed by atoms with van der Waals surface area (Å²) in [5.74, 6) is 0. The van der Waals surface area contributed by atoms with E-state index in [1.807, 2.05) is 0 Å². The largest absolute Gasteiger partial charge is 0.396 e. The summed E-state index contributed by atoms with van der Waals surface area (Å²) in [6, 6.07) is 0. The summed E-state index contributed by atoms with van der Waals surface area (Å²) in [7, 11) is 0. The van der Waals surface area contributed by atoms with Crippen molar-refractivity contribution in [2.24, 2.45) is 0 Å². The maximum Gasteiger partial charge on any atom is 0.0577 e. The molecule has 0 aromatic carbocycles. The molecule has 78 valence electrons. The van der Waals surface area contributed by atoms with E-state index in [1.165, 1.54) is 0 Å². The van der Waals surface area contributed by atoms with Crippen LogP contribution in [0.25, 0.3) is 0 Å². The molecule has 0 aromatic heterocycles.